The lowest BCUT2D eigenvalue weighted by atomic mass is 10.2. The van der Waals surface area contributed by atoms with E-state index in [-0.39, 0.29) is 0 Å². The van der Waals surface area contributed by atoms with Crippen LogP contribution in [0.1, 0.15) is 11.8 Å². The first-order valence-corrected chi connectivity index (χ1v) is 5.42. The van der Waals surface area contributed by atoms with Gasteiger partial charge in [-0.3, -0.25) is 0 Å². The number of phenolic OH excluding ortho intramolecular Hbond substituents is 1. The Bertz CT molecular complexity index is 445. The van der Waals surface area contributed by atoms with Gasteiger partial charge in [0.2, 0.25) is 0 Å². The number of thiophene rings is 1. The summed E-state index contributed by atoms with van der Waals surface area (Å²) in [6.07, 6.45) is 0.970. The first kappa shape index (κ1) is 8.91. The number of fused-ring (bicyclic) bond motifs is 1. The molecule has 1 nitrogen and oxygen atoms in total. The Kier molecular flexibility index (Phi) is 2.22. The zero-order chi connectivity index (χ0) is 9.42. The number of aromatic hydroxyl groups is 1. The normalized spacial score (nSPS) is 10.9. The van der Waals surface area contributed by atoms with Crippen LogP contribution in [0.2, 0.25) is 0 Å². The van der Waals surface area contributed by atoms with E-state index in [2.05, 4.69) is 19.6 Å². The zero-order valence-electron chi connectivity index (χ0n) is 7.24. The average Bonchev–Trinajstić information content (AvgIpc) is 2.45. The third-order valence-electron chi connectivity index (χ3n) is 2.06. The van der Waals surface area contributed by atoms with Crippen molar-refractivity contribution in [3.63, 3.8) is 0 Å². The Morgan fingerprint density at radius 2 is 2.23 bits per heavy atom. The smallest absolute Gasteiger partial charge is 0.133 e. The lowest BCUT2D eigenvalue weighted by Gasteiger charge is -1.93. The third kappa shape index (κ3) is 1.32. The van der Waals surface area contributed by atoms with Crippen molar-refractivity contribution in [3.05, 3.63) is 23.1 Å². The van der Waals surface area contributed by atoms with Crippen molar-refractivity contribution in [2.45, 2.75) is 18.2 Å². The topological polar surface area (TPSA) is 20.2 Å². The number of rotatable bonds is 1. The van der Waals surface area contributed by atoms with Gasteiger partial charge in [-0.05, 0) is 12.5 Å². The minimum atomic E-state index is 0.359. The quantitative estimate of drug-likeness (QED) is 0.691. The Hall–Kier alpha value is -0.670. The first-order chi connectivity index (χ1) is 6.24. The van der Waals surface area contributed by atoms with E-state index in [4.69, 9.17) is 0 Å². The van der Waals surface area contributed by atoms with Crippen LogP contribution in [0.15, 0.2) is 23.1 Å². The van der Waals surface area contributed by atoms with Gasteiger partial charge < -0.3 is 5.11 Å². The van der Waals surface area contributed by atoms with Crippen LogP contribution in [0.4, 0.5) is 0 Å². The SMILES string of the molecule is CCc1sc2c(O)cccc2c1S. The highest BCUT2D eigenvalue weighted by atomic mass is 32.1. The predicted octanol–water partition coefficient (Wildman–Crippen LogP) is 3.46. The van der Waals surface area contributed by atoms with Gasteiger partial charge in [-0.2, -0.15) is 0 Å². The summed E-state index contributed by atoms with van der Waals surface area (Å²) < 4.78 is 0.948. The number of thiol groups is 1. The van der Waals surface area contributed by atoms with E-state index in [9.17, 15) is 5.11 Å². The summed E-state index contributed by atoms with van der Waals surface area (Å²) in [4.78, 5) is 2.25. The summed E-state index contributed by atoms with van der Waals surface area (Å²) in [6, 6.07) is 5.56. The molecule has 0 unspecified atom stereocenters. The largest absolute Gasteiger partial charge is 0.506 e. The average molecular weight is 210 g/mol. The summed E-state index contributed by atoms with van der Waals surface area (Å²) in [5.74, 6) is 0.359. The molecule has 1 heterocycles. The van der Waals surface area contributed by atoms with E-state index in [0.717, 1.165) is 21.4 Å². The van der Waals surface area contributed by atoms with Gasteiger partial charge in [0.25, 0.3) is 0 Å². The minimum Gasteiger partial charge on any atom is -0.506 e. The molecule has 0 amide bonds. The predicted molar refractivity (Wildman–Crippen MR) is 60.1 cm³/mol. The van der Waals surface area contributed by atoms with Crippen LogP contribution in [0.25, 0.3) is 10.1 Å². The molecular weight excluding hydrogens is 200 g/mol. The Balaban J connectivity index is 2.83. The second-order valence-electron chi connectivity index (χ2n) is 2.88. The van der Waals surface area contributed by atoms with Crippen LogP contribution in [-0.2, 0) is 6.42 Å². The molecule has 3 heteroatoms. The van der Waals surface area contributed by atoms with Crippen molar-refractivity contribution in [3.8, 4) is 5.75 Å². The van der Waals surface area contributed by atoms with E-state index in [0.29, 0.717) is 5.75 Å². The summed E-state index contributed by atoms with van der Waals surface area (Å²) in [5, 5.41) is 10.6. The van der Waals surface area contributed by atoms with Gasteiger partial charge in [0.1, 0.15) is 5.75 Å². The number of aryl methyl sites for hydroxylation is 1. The monoisotopic (exact) mass is 210 g/mol. The molecule has 0 spiro atoms. The maximum absolute atomic E-state index is 9.58. The van der Waals surface area contributed by atoms with Crippen molar-refractivity contribution in [1.29, 1.82) is 0 Å². The van der Waals surface area contributed by atoms with Gasteiger partial charge in [0.05, 0.1) is 4.70 Å². The highest BCUT2D eigenvalue weighted by molar-refractivity contribution is 7.80. The number of hydrogen-bond donors (Lipinski definition) is 2. The molecule has 2 aromatic rings. The second kappa shape index (κ2) is 3.24. The number of phenols is 1. The van der Waals surface area contributed by atoms with E-state index in [1.54, 1.807) is 17.4 Å². The summed E-state index contributed by atoms with van der Waals surface area (Å²) in [5.41, 5.74) is 0. The molecule has 0 aliphatic heterocycles. The van der Waals surface area contributed by atoms with Crippen LogP contribution in [-0.4, -0.2) is 5.11 Å². The Morgan fingerprint density at radius 3 is 2.85 bits per heavy atom. The highest BCUT2D eigenvalue weighted by Gasteiger charge is 2.09. The standard InChI is InChI=1S/C10H10OS2/c1-2-8-9(12)6-4-3-5-7(11)10(6)13-8/h3-5,11-12H,2H2,1H3. The van der Waals surface area contributed by atoms with Crippen molar-refractivity contribution < 1.29 is 5.11 Å². The molecule has 0 aliphatic rings. The van der Waals surface area contributed by atoms with E-state index in [1.807, 2.05) is 12.1 Å². The molecule has 1 aromatic heterocycles. The molecule has 13 heavy (non-hydrogen) atoms. The van der Waals surface area contributed by atoms with Gasteiger partial charge in [-0.25, -0.2) is 0 Å². The third-order valence-corrected chi connectivity index (χ3v) is 4.09. The van der Waals surface area contributed by atoms with Gasteiger partial charge in [0.15, 0.2) is 0 Å². The Morgan fingerprint density at radius 1 is 1.46 bits per heavy atom. The molecule has 0 aliphatic carbocycles. The number of hydrogen-bond acceptors (Lipinski definition) is 3. The zero-order valence-corrected chi connectivity index (χ0v) is 8.95. The lowest BCUT2D eigenvalue weighted by molar-refractivity contribution is 0.482. The highest BCUT2D eigenvalue weighted by Crippen LogP contribution is 2.38. The molecule has 0 saturated heterocycles. The van der Waals surface area contributed by atoms with Crippen LogP contribution in [0.3, 0.4) is 0 Å². The van der Waals surface area contributed by atoms with Gasteiger partial charge in [0, 0.05) is 15.2 Å². The molecule has 0 radical (unpaired) electrons. The molecule has 0 atom stereocenters. The fourth-order valence-corrected chi connectivity index (χ4v) is 2.99. The summed E-state index contributed by atoms with van der Waals surface area (Å²) in [7, 11) is 0. The first-order valence-electron chi connectivity index (χ1n) is 4.16. The van der Waals surface area contributed by atoms with Crippen molar-refractivity contribution in [1.82, 2.24) is 0 Å². The van der Waals surface area contributed by atoms with Crippen molar-refractivity contribution >= 4 is 34.1 Å². The maximum atomic E-state index is 9.58. The van der Waals surface area contributed by atoms with Crippen molar-refractivity contribution in [2.24, 2.45) is 0 Å². The molecule has 2 rings (SSSR count). The van der Waals surface area contributed by atoms with E-state index < -0.39 is 0 Å². The molecular formula is C10H10OS2. The molecule has 1 aromatic carbocycles. The van der Waals surface area contributed by atoms with Crippen LogP contribution in [0.5, 0.6) is 5.75 Å². The second-order valence-corrected chi connectivity index (χ2v) is 4.43. The number of benzene rings is 1. The van der Waals surface area contributed by atoms with E-state index >= 15 is 0 Å². The van der Waals surface area contributed by atoms with Crippen LogP contribution >= 0.6 is 24.0 Å². The summed E-state index contributed by atoms with van der Waals surface area (Å²) in [6.45, 7) is 2.10. The summed E-state index contributed by atoms with van der Waals surface area (Å²) >= 11 is 6.07. The van der Waals surface area contributed by atoms with Gasteiger partial charge >= 0.3 is 0 Å². The van der Waals surface area contributed by atoms with Crippen LogP contribution < -0.4 is 0 Å². The van der Waals surface area contributed by atoms with Gasteiger partial charge in [-0.15, -0.1) is 24.0 Å². The minimum absolute atomic E-state index is 0.359. The van der Waals surface area contributed by atoms with Gasteiger partial charge in [-0.1, -0.05) is 19.1 Å². The lowest BCUT2D eigenvalue weighted by Crippen LogP contribution is -1.71. The molecule has 0 bridgehead atoms. The molecule has 68 valence electrons. The van der Waals surface area contributed by atoms with Crippen LogP contribution in [0, 0.1) is 0 Å². The molecule has 0 saturated carbocycles. The Labute approximate surface area is 86.4 Å². The fraction of sp³-hybridized carbons (Fsp3) is 0.200. The van der Waals surface area contributed by atoms with E-state index in [1.165, 1.54) is 4.88 Å². The van der Waals surface area contributed by atoms with Crippen molar-refractivity contribution in [2.75, 3.05) is 0 Å². The fourth-order valence-electron chi connectivity index (χ4n) is 1.38. The molecule has 1 N–H and O–H groups in total. The molecule has 0 fully saturated rings. The maximum Gasteiger partial charge on any atom is 0.133 e.